The molecule has 1 atom stereocenters. The normalized spacial score (nSPS) is 11.7. The monoisotopic (exact) mass is 356 g/mol. The fraction of sp³-hybridized carbons (Fsp3) is 0.500. The Balaban J connectivity index is 2.48. The third kappa shape index (κ3) is 7.38. The van der Waals surface area contributed by atoms with Crippen molar-refractivity contribution in [2.45, 2.75) is 44.9 Å². The number of nitrogens with one attached hydrogen (secondary N) is 1. The van der Waals surface area contributed by atoms with E-state index in [2.05, 4.69) is 15.3 Å². The highest BCUT2D eigenvalue weighted by Crippen LogP contribution is 2.20. The van der Waals surface area contributed by atoms with E-state index >= 15 is 0 Å². The van der Waals surface area contributed by atoms with Crippen molar-refractivity contribution in [2.24, 2.45) is 0 Å². The topological polar surface area (TPSA) is 118 Å². The number of carboxylic acid groups (broad SMARTS) is 1. The first kappa shape index (κ1) is 19.3. The molecule has 1 unspecified atom stereocenters. The highest BCUT2D eigenvalue weighted by molar-refractivity contribution is 8.23. The summed E-state index contributed by atoms with van der Waals surface area (Å²) < 4.78 is 0.459. The number of Topliss-reactive ketones (excluding diaryl/α,β-unsaturated/α-hetero) is 1. The summed E-state index contributed by atoms with van der Waals surface area (Å²) >= 11 is 6.45. The number of carbonyl (C=O) groups excluding carboxylic acids is 1. The number of nitrogens with zero attached hydrogens (tertiary/aromatic N) is 2. The van der Waals surface area contributed by atoms with Gasteiger partial charge in [0.05, 0.1) is 5.25 Å². The minimum absolute atomic E-state index is 0.0253. The van der Waals surface area contributed by atoms with Gasteiger partial charge in [0.1, 0.15) is 21.7 Å². The third-order valence-electron chi connectivity index (χ3n) is 3.00. The number of rotatable bonds is 8. The minimum atomic E-state index is -0.868. The number of aromatic nitrogens is 2. The van der Waals surface area contributed by atoms with Crippen LogP contribution in [0.5, 0.6) is 0 Å². The molecule has 0 aliphatic carbocycles. The second-order valence-corrected chi connectivity index (χ2v) is 6.85. The lowest BCUT2D eigenvalue weighted by Crippen LogP contribution is -2.24. The second-order valence-electron chi connectivity index (χ2n) is 4.97. The van der Waals surface area contributed by atoms with Crippen LogP contribution in [0.3, 0.4) is 0 Å². The van der Waals surface area contributed by atoms with Crippen molar-refractivity contribution >= 4 is 45.9 Å². The Morgan fingerprint density at radius 2 is 2.22 bits per heavy atom. The molecule has 1 aromatic rings. The van der Waals surface area contributed by atoms with Crippen molar-refractivity contribution < 1.29 is 14.7 Å². The van der Waals surface area contributed by atoms with Gasteiger partial charge in [-0.25, -0.2) is 9.97 Å². The predicted molar refractivity (Wildman–Crippen MR) is 94.2 cm³/mol. The molecule has 0 radical (unpaired) electrons. The average Bonchev–Trinajstić information content (AvgIpc) is 2.44. The highest BCUT2D eigenvalue weighted by atomic mass is 32.2. The van der Waals surface area contributed by atoms with E-state index < -0.39 is 5.97 Å². The Morgan fingerprint density at radius 3 is 2.78 bits per heavy atom. The van der Waals surface area contributed by atoms with Gasteiger partial charge in [0, 0.05) is 24.7 Å². The molecule has 9 heteroatoms. The number of nitrogen functional groups attached to an aromatic ring is 1. The molecular formula is C14H20N4O3S2. The number of ketones is 1. The molecule has 0 amide bonds. The number of carboxylic acids is 1. The van der Waals surface area contributed by atoms with Crippen LogP contribution in [0.4, 0.5) is 5.82 Å². The molecule has 7 nitrogen and oxygen atoms in total. The van der Waals surface area contributed by atoms with Crippen molar-refractivity contribution in [1.29, 1.82) is 0 Å². The van der Waals surface area contributed by atoms with Gasteiger partial charge in [0.25, 0.3) is 0 Å². The standard InChI is InChI=1S/C14H20N4O3S2/c1-8(19)11(4-3-5-12(20)21)23-14(22)17-7-10-6-16-9(2)18-13(10)15/h6,11H,3-5,7H2,1-2H3,(H,17,22)(H,20,21)(H2,15,16,18). The summed E-state index contributed by atoms with van der Waals surface area (Å²) in [6.45, 7) is 3.60. The van der Waals surface area contributed by atoms with Crippen LogP contribution in [-0.2, 0) is 16.1 Å². The SMILES string of the molecule is CC(=O)C(CCCC(=O)O)SC(=S)NCc1cnc(C)nc1N. The first-order valence-corrected chi connectivity index (χ1v) is 8.33. The van der Waals surface area contributed by atoms with E-state index in [1.165, 1.54) is 18.7 Å². The summed E-state index contributed by atoms with van der Waals surface area (Å²) in [6.07, 6.45) is 2.59. The summed E-state index contributed by atoms with van der Waals surface area (Å²) in [5, 5.41) is 11.3. The Bertz CT molecular complexity index is 595. The van der Waals surface area contributed by atoms with E-state index in [0.717, 1.165) is 5.56 Å². The van der Waals surface area contributed by atoms with Crippen LogP contribution < -0.4 is 11.1 Å². The largest absolute Gasteiger partial charge is 0.481 e. The summed E-state index contributed by atoms with van der Waals surface area (Å²) in [7, 11) is 0. The molecule has 1 heterocycles. The smallest absolute Gasteiger partial charge is 0.303 e. The molecule has 23 heavy (non-hydrogen) atoms. The number of nitrogens with two attached hydrogens (primary N) is 1. The van der Waals surface area contributed by atoms with Gasteiger partial charge in [-0.15, -0.1) is 0 Å². The summed E-state index contributed by atoms with van der Waals surface area (Å²) in [4.78, 5) is 30.3. The molecule has 0 fully saturated rings. The van der Waals surface area contributed by atoms with Crippen molar-refractivity contribution in [1.82, 2.24) is 15.3 Å². The molecule has 0 bridgehead atoms. The fourth-order valence-corrected chi connectivity index (χ4v) is 3.06. The minimum Gasteiger partial charge on any atom is -0.481 e. The van der Waals surface area contributed by atoms with E-state index in [4.69, 9.17) is 23.1 Å². The van der Waals surface area contributed by atoms with Gasteiger partial charge >= 0.3 is 5.97 Å². The lowest BCUT2D eigenvalue weighted by atomic mass is 10.1. The van der Waals surface area contributed by atoms with Crippen LogP contribution in [-0.4, -0.2) is 36.4 Å². The van der Waals surface area contributed by atoms with Gasteiger partial charge in [0.2, 0.25) is 0 Å². The van der Waals surface area contributed by atoms with E-state index in [9.17, 15) is 9.59 Å². The number of carbonyl (C=O) groups is 2. The second kappa shape index (κ2) is 9.41. The zero-order valence-corrected chi connectivity index (χ0v) is 14.7. The summed E-state index contributed by atoms with van der Waals surface area (Å²) in [5.74, 6) is 0.0937. The summed E-state index contributed by atoms with van der Waals surface area (Å²) in [6, 6.07) is 0. The molecule has 0 aliphatic heterocycles. The number of thioether (sulfide) groups is 1. The van der Waals surface area contributed by atoms with Crippen LogP contribution in [0.15, 0.2) is 6.20 Å². The lowest BCUT2D eigenvalue weighted by molar-refractivity contribution is -0.137. The lowest BCUT2D eigenvalue weighted by Gasteiger charge is -2.15. The third-order valence-corrected chi connectivity index (χ3v) is 4.64. The molecule has 0 spiro atoms. The van der Waals surface area contributed by atoms with Crippen LogP contribution in [0, 0.1) is 6.92 Å². The van der Waals surface area contributed by atoms with Crippen molar-refractivity contribution in [2.75, 3.05) is 5.73 Å². The predicted octanol–water partition coefficient (Wildman–Crippen LogP) is 1.69. The summed E-state index contributed by atoms with van der Waals surface area (Å²) in [5.41, 5.74) is 6.53. The Labute approximate surface area is 144 Å². The van der Waals surface area contributed by atoms with Gasteiger partial charge in [-0.2, -0.15) is 0 Å². The number of anilines is 1. The molecule has 1 rings (SSSR count). The number of aryl methyl sites for hydroxylation is 1. The Hall–Kier alpha value is -1.74. The van der Waals surface area contributed by atoms with Gasteiger partial charge in [0.15, 0.2) is 0 Å². The number of aliphatic carboxylic acids is 1. The maximum Gasteiger partial charge on any atom is 0.303 e. The highest BCUT2D eigenvalue weighted by Gasteiger charge is 2.17. The molecule has 0 aromatic carbocycles. The van der Waals surface area contributed by atoms with Crippen LogP contribution in [0.1, 0.15) is 37.6 Å². The van der Waals surface area contributed by atoms with Crippen molar-refractivity contribution in [3.8, 4) is 0 Å². The molecule has 4 N–H and O–H groups in total. The van der Waals surface area contributed by atoms with Crippen molar-refractivity contribution in [3.63, 3.8) is 0 Å². The molecule has 126 valence electrons. The zero-order valence-electron chi connectivity index (χ0n) is 13.0. The van der Waals surface area contributed by atoms with E-state index in [1.54, 1.807) is 13.1 Å². The van der Waals surface area contributed by atoms with Gasteiger partial charge in [-0.1, -0.05) is 24.0 Å². The van der Waals surface area contributed by atoms with Gasteiger partial charge < -0.3 is 16.2 Å². The van der Waals surface area contributed by atoms with E-state index in [0.29, 0.717) is 35.3 Å². The van der Waals surface area contributed by atoms with Crippen molar-refractivity contribution in [3.05, 3.63) is 17.6 Å². The number of hydrogen-bond acceptors (Lipinski definition) is 7. The molecule has 0 saturated carbocycles. The molecule has 0 saturated heterocycles. The van der Waals surface area contributed by atoms with Gasteiger partial charge in [-0.3, -0.25) is 9.59 Å². The first-order valence-electron chi connectivity index (χ1n) is 7.04. The molecule has 1 aromatic heterocycles. The number of hydrogen-bond donors (Lipinski definition) is 3. The fourth-order valence-electron chi connectivity index (χ4n) is 1.77. The molecular weight excluding hydrogens is 336 g/mol. The quantitative estimate of drug-likeness (QED) is 0.598. The number of thiocarbonyl (C=S) groups is 1. The zero-order chi connectivity index (χ0) is 17.4. The van der Waals surface area contributed by atoms with Gasteiger partial charge in [-0.05, 0) is 26.7 Å². The van der Waals surface area contributed by atoms with E-state index in [1.807, 2.05) is 0 Å². The van der Waals surface area contributed by atoms with Crippen LogP contribution in [0.25, 0.3) is 0 Å². The average molecular weight is 356 g/mol. The maximum atomic E-state index is 11.6. The van der Waals surface area contributed by atoms with E-state index in [-0.39, 0.29) is 17.5 Å². The Morgan fingerprint density at radius 1 is 1.52 bits per heavy atom. The Kier molecular flexibility index (Phi) is 7.90. The first-order chi connectivity index (χ1) is 10.8. The van der Waals surface area contributed by atoms with Crippen LogP contribution >= 0.6 is 24.0 Å². The maximum absolute atomic E-state index is 11.6. The van der Waals surface area contributed by atoms with Crippen LogP contribution in [0.2, 0.25) is 0 Å². The molecule has 0 aliphatic rings.